The summed E-state index contributed by atoms with van der Waals surface area (Å²) in [6.07, 6.45) is 1.47. The van der Waals surface area contributed by atoms with Gasteiger partial charge >= 0.3 is 5.97 Å². The molecule has 0 saturated carbocycles. The van der Waals surface area contributed by atoms with E-state index in [-0.39, 0.29) is 11.7 Å². The van der Waals surface area contributed by atoms with E-state index in [1.807, 2.05) is 6.92 Å². The number of aromatic amines is 2. The molecule has 2 aromatic heterocycles. The van der Waals surface area contributed by atoms with E-state index in [9.17, 15) is 4.79 Å². The summed E-state index contributed by atoms with van der Waals surface area (Å²) in [6, 6.07) is -0.134. The molecule has 0 fully saturated rings. The van der Waals surface area contributed by atoms with Crippen LogP contribution in [0.4, 0.5) is 0 Å². The second kappa shape index (κ2) is 4.70. The Kier molecular flexibility index (Phi) is 3.10. The lowest BCUT2D eigenvalue weighted by molar-refractivity contribution is 0.0689. The number of nitrogens with zero attached hydrogens (tertiary/aromatic N) is 4. The van der Waals surface area contributed by atoms with Crippen LogP contribution in [0, 0.1) is 0 Å². The highest BCUT2D eigenvalue weighted by Crippen LogP contribution is 2.08. The van der Waals surface area contributed by atoms with Crippen LogP contribution in [0.1, 0.15) is 34.8 Å². The van der Waals surface area contributed by atoms with Gasteiger partial charge in [0.2, 0.25) is 0 Å². The molecule has 0 aliphatic rings. The van der Waals surface area contributed by atoms with Crippen molar-refractivity contribution in [1.82, 2.24) is 36.1 Å². The van der Waals surface area contributed by atoms with E-state index in [0.29, 0.717) is 17.9 Å². The molecule has 9 heteroatoms. The van der Waals surface area contributed by atoms with E-state index < -0.39 is 5.97 Å². The smallest absolute Gasteiger partial charge is 0.354 e. The quantitative estimate of drug-likeness (QED) is 0.549. The molecule has 1 unspecified atom stereocenters. The maximum absolute atomic E-state index is 10.8. The lowest BCUT2D eigenvalue weighted by Gasteiger charge is -2.08. The van der Waals surface area contributed by atoms with Gasteiger partial charge in [-0.25, -0.2) is 4.79 Å². The Morgan fingerprint density at radius 1 is 1.65 bits per heavy atom. The standard InChI is InChI=1S/C8H11N7O2/c1-4(7-12-14-15-13-7)9-2-5-3-10-11-6(5)8(16)17/h3-4,9H,2H2,1H3,(H,10,11)(H,16,17)(H,12,13,14,15). The van der Waals surface area contributed by atoms with Gasteiger partial charge in [0, 0.05) is 12.1 Å². The van der Waals surface area contributed by atoms with E-state index in [4.69, 9.17) is 5.11 Å². The van der Waals surface area contributed by atoms with Crippen molar-refractivity contribution in [3.05, 3.63) is 23.3 Å². The van der Waals surface area contributed by atoms with Crippen molar-refractivity contribution in [2.45, 2.75) is 19.5 Å². The van der Waals surface area contributed by atoms with Gasteiger partial charge in [-0.15, -0.1) is 10.2 Å². The summed E-state index contributed by atoms with van der Waals surface area (Å²) < 4.78 is 0. The summed E-state index contributed by atoms with van der Waals surface area (Å²) in [5, 5.41) is 31.5. The number of carbonyl (C=O) groups is 1. The van der Waals surface area contributed by atoms with Crippen molar-refractivity contribution >= 4 is 5.97 Å². The number of tetrazole rings is 1. The first-order chi connectivity index (χ1) is 8.18. The summed E-state index contributed by atoms with van der Waals surface area (Å²) >= 11 is 0. The zero-order valence-corrected chi connectivity index (χ0v) is 9.01. The first kappa shape index (κ1) is 11.2. The fraction of sp³-hybridized carbons (Fsp3) is 0.375. The summed E-state index contributed by atoms with van der Waals surface area (Å²) in [7, 11) is 0. The zero-order chi connectivity index (χ0) is 12.3. The number of carboxylic acid groups (broad SMARTS) is 1. The van der Waals surface area contributed by atoms with Crippen LogP contribution in [-0.4, -0.2) is 41.9 Å². The number of hydrogen-bond donors (Lipinski definition) is 4. The van der Waals surface area contributed by atoms with Crippen molar-refractivity contribution in [3.63, 3.8) is 0 Å². The molecule has 0 aliphatic heterocycles. The van der Waals surface area contributed by atoms with Gasteiger partial charge in [-0.05, 0) is 6.92 Å². The number of aromatic nitrogens is 6. The molecule has 0 aromatic carbocycles. The van der Waals surface area contributed by atoms with Crippen LogP contribution in [0.5, 0.6) is 0 Å². The summed E-state index contributed by atoms with van der Waals surface area (Å²) in [4.78, 5) is 10.8. The van der Waals surface area contributed by atoms with Gasteiger partial charge in [-0.3, -0.25) is 5.10 Å². The second-order valence-electron chi connectivity index (χ2n) is 3.45. The Balaban J connectivity index is 1.98. The Morgan fingerprint density at radius 2 is 2.47 bits per heavy atom. The van der Waals surface area contributed by atoms with Gasteiger partial charge in [0.15, 0.2) is 5.82 Å². The van der Waals surface area contributed by atoms with Crippen molar-refractivity contribution in [2.75, 3.05) is 0 Å². The normalized spacial score (nSPS) is 12.5. The predicted octanol–water partition coefficient (Wildman–Crippen LogP) is -0.528. The fourth-order valence-corrected chi connectivity index (χ4v) is 1.34. The minimum atomic E-state index is -1.04. The first-order valence-corrected chi connectivity index (χ1v) is 4.90. The van der Waals surface area contributed by atoms with Crippen molar-refractivity contribution in [1.29, 1.82) is 0 Å². The van der Waals surface area contributed by atoms with Gasteiger partial charge in [-0.2, -0.15) is 10.3 Å². The van der Waals surface area contributed by atoms with Crippen LogP contribution < -0.4 is 5.32 Å². The van der Waals surface area contributed by atoms with Crippen LogP contribution in [0.25, 0.3) is 0 Å². The Morgan fingerprint density at radius 3 is 3.12 bits per heavy atom. The Labute approximate surface area is 95.6 Å². The lowest BCUT2D eigenvalue weighted by Crippen LogP contribution is -2.20. The number of H-pyrrole nitrogens is 2. The molecule has 0 saturated heterocycles. The monoisotopic (exact) mass is 237 g/mol. The largest absolute Gasteiger partial charge is 0.477 e. The molecule has 0 radical (unpaired) electrons. The number of rotatable bonds is 5. The van der Waals surface area contributed by atoms with E-state index in [2.05, 4.69) is 36.1 Å². The molecule has 4 N–H and O–H groups in total. The van der Waals surface area contributed by atoms with Gasteiger partial charge in [0.05, 0.1) is 12.2 Å². The third kappa shape index (κ3) is 2.45. The van der Waals surface area contributed by atoms with Crippen molar-refractivity contribution < 1.29 is 9.90 Å². The highest BCUT2D eigenvalue weighted by atomic mass is 16.4. The number of carboxylic acids is 1. The van der Waals surface area contributed by atoms with E-state index in [1.165, 1.54) is 6.20 Å². The molecular formula is C8H11N7O2. The van der Waals surface area contributed by atoms with Crippen molar-refractivity contribution in [3.8, 4) is 0 Å². The number of aromatic carboxylic acids is 1. The number of nitrogens with one attached hydrogen (secondary N) is 3. The van der Waals surface area contributed by atoms with Crippen LogP contribution in [0.2, 0.25) is 0 Å². The molecule has 2 rings (SSSR count). The van der Waals surface area contributed by atoms with Crippen LogP contribution in [-0.2, 0) is 6.54 Å². The van der Waals surface area contributed by atoms with Crippen LogP contribution >= 0.6 is 0 Å². The third-order valence-corrected chi connectivity index (χ3v) is 2.28. The van der Waals surface area contributed by atoms with Crippen LogP contribution in [0.15, 0.2) is 6.20 Å². The average Bonchev–Trinajstić information content (AvgIpc) is 2.96. The van der Waals surface area contributed by atoms with E-state index >= 15 is 0 Å². The zero-order valence-electron chi connectivity index (χ0n) is 9.01. The summed E-state index contributed by atoms with van der Waals surface area (Å²) in [5.74, 6) is -0.517. The Bertz CT molecular complexity index is 492. The van der Waals surface area contributed by atoms with E-state index in [0.717, 1.165) is 0 Å². The first-order valence-electron chi connectivity index (χ1n) is 4.90. The topological polar surface area (TPSA) is 132 Å². The molecule has 0 aliphatic carbocycles. The average molecular weight is 237 g/mol. The summed E-state index contributed by atoms with van der Waals surface area (Å²) in [6.45, 7) is 2.21. The van der Waals surface area contributed by atoms with Crippen LogP contribution in [0.3, 0.4) is 0 Å². The van der Waals surface area contributed by atoms with E-state index in [1.54, 1.807) is 0 Å². The molecule has 2 aromatic rings. The van der Waals surface area contributed by atoms with Gasteiger partial charge in [0.25, 0.3) is 0 Å². The lowest BCUT2D eigenvalue weighted by atomic mass is 10.2. The van der Waals surface area contributed by atoms with Gasteiger partial charge < -0.3 is 10.4 Å². The molecular weight excluding hydrogens is 226 g/mol. The molecule has 1 atom stereocenters. The second-order valence-corrected chi connectivity index (χ2v) is 3.45. The van der Waals surface area contributed by atoms with Gasteiger partial charge in [0.1, 0.15) is 5.69 Å². The van der Waals surface area contributed by atoms with Gasteiger partial charge in [-0.1, -0.05) is 5.21 Å². The molecule has 0 amide bonds. The number of hydrogen-bond acceptors (Lipinski definition) is 6. The maximum Gasteiger partial charge on any atom is 0.354 e. The fourth-order valence-electron chi connectivity index (χ4n) is 1.34. The SMILES string of the molecule is CC(NCc1cn[nH]c1C(=O)O)c1nn[nH]n1. The molecule has 2 heterocycles. The molecule has 17 heavy (non-hydrogen) atoms. The summed E-state index contributed by atoms with van der Waals surface area (Å²) in [5.41, 5.74) is 0.658. The van der Waals surface area contributed by atoms with Crippen molar-refractivity contribution in [2.24, 2.45) is 0 Å². The molecule has 0 spiro atoms. The Hall–Kier alpha value is -2.29. The minimum Gasteiger partial charge on any atom is -0.477 e. The maximum atomic E-state index is 10.8. The molecule has 0 bridgehead atoms. The minimum absolute atomic E-state index is 0.0813. The molecule has 9 nitrogen and oxygen atoms in total. The third-order valence-electron chi connectivity index (χ3n) is 2.28. The predicted molar refractivity (Wildman–Crippen MR) is 55.0 cm³/mol. The highest BCUT2D eigenvalue weighted by Gasteiger charge is 2.14. The molecule has 90 valence electrons. The highest BCUT2D eigenvalue weighted by molar-refractivity contribution is 5.86.